The van der Waals surface area contributed by atoms with Crippen molar-refractivity contribution in [2.45, 2.75) is 26.3 Å². The summed E-state index contributed by atoms with van der Waals surface area (Å²) in [6, 6.07) is 14.7. The highest BCUT2D eigenvalue weighted by molar-refractivity contribution is 5.89. The fourth-order valence-electron chi connectivity index (χ4n) is 3.26. The maximum Gasteiger partial charge on any atom is 0.407 e. The number of aromatic amines is 1. The number of alkyl carbamates (subject to hydrolysis) is 1. The number of carbonyl (C=O) groups is 2. The van der Waals surface area contributed by atoms with Crippen LogP contribution in [0.2, 0.25) is 0 Å². The molecule has 1 aromatic heterocycles. The van der Waals surface area contributed by atoms with Crippen LogP contribution in [0, 0.1) is 5.92 Å². The van der Waals surface area contributed by atoms with Gasteiger partial charge >= 0.3 is 6.09 Å². The Balaban J connectivity index is 1.70. The van der Waals surface area contributed by atoms with Gasteiger partial charge in [-0.05, 0) is 35.2 Å². The van der Waals surface area contributed by atoms with Gasteiger partial charge in [0, 0.05) is 43.3 Å². The Bertz CT molecular complexity index is 1100. The van der Waals surface area contributed by atoms with Crippen LogP contribution in [-0.2, 0) is 16.0 Å². The molecule has 33 heavy (non-hydrogen) atoms. The molecular formula is C25H31N5O3. The highest BCUT2D eigenvalue weighted by Gasteiger charge is 2.23. The van der Waals surface area contributed by atoms with Crippen LogP contribution >= 0.6 is 0 Å². The summed E-state index contributed by atoms with van der Waals surface area (Å²) in [6.45, 7) is 4.17. The predicted octanol–water partition coefficient (Wildman–Crippen LogP) is 3.68. The van der Waals surface area contributed by atoms with Crippen molar-refractivity contribution in [2.75, 3.05) is 25.6 Å². The molecule has 0 aliphatic heterocycles. The number of fused-ring (bicyclic) bond motifs is 1. The largest absolute Gasteiger partial charge is 0.449 e. The highest BCUT2D eigenvalue weighted by Crippen LogP contribution is 2.19. The molecule has 0 saturated heterocycles. The van der Waals surface area contributed by atoms with Crippen LogP contribution in [-0.4, -0.2) is 49.9 Å². The number of nitrogens with one attached hydrogen (secondary N) is 3. The van der Waals surface area contributed by atoms with E-state index in [1.807, 2.05) is 87.6 Å². The van der Waals surface area contributed by atoms with Crippen molar-refractivity contribution in [3.63, 3.8) is 0 Å². The first-order valence-corrected chi connectivity index (χ1v) is 10.9. The van der Waals surface area contributed by atoms with Crippen LogP contribution in [0.1, 0.15) is 25.0 Å². The van der Waals surface area contributed by atoms with E-state index in [-0.39, 0.29) is 12.5 Å². The number of benzene rings is 2. The van der Waals surface area contributed by atoms with E-state index in [1.54, 1.807) is 6.21 Å². The standard InChI is InChI=1S/C25H31N5O3/c1-17(2)16-33-25(32)28-23(13-19-15-26-22-8-6-5-7-21(19)22)24(31)29-27-14-18-9-11-20(12-10-18)30(3)4/h5-12,14-15,17,23,26H,13,16H2,1-4H3,(H,28,32)(H,29,31)/b27-14-/t23-/m1/s1. The van der Waals surface area contributed by atoms with E-state index in [4.69, 9.17) is 4.74 Å². The van der Waals surface area contributed by atoms with Crippen LogP contribution in [0.25, 0.3) is 10.9 Å². The molecule has 1 heterocycles. The van der Waals surface area contributed by atoms with Gasteiger partial charge in [0.25, 0.3) is 5.91 Å². The van der Waals surface area contributed by atoms with Gasteiger partial charge in [0.15, 0.2) is 0 Å². The maximum absolute atomic E-state index is 12.9. The van der Waals surface area contributed by atoms with Crippen molar-refractivity contribution in [3.05, 3.63) is 65.9 Å². The molecule has 8 nitrogen and oxygen atoms in total. The molecule has 0 bridgehead atoms. The lowest BCUT2D eigenvalue weighted by atomic mass is 10.0. The lowest BCUT2D eigenvalue weighted by Gasteiger charge is -2.17. The molecule has 0 fully saturated rings. The van der Waals surface area contributed by atoms with Gasteiger partial charge in [-0.1, -0.05) is 44.2 Å². The number of para-hydroxylation sites is 1. The number of rotatable bonds is 9. The number of carbonyl (C=O) groups excluding carboxylic acids is 2. The Morgan fingerprint density at radius 3 is 2.55 bits per heavy atom. The summed E-state index contributed by atoms with van der Waals surface area (Å²) < 4.78 is 5.21. The SMILES string of the molecule is CC(C)COC(=O)N[C@H](Cc1c[nH]c2ccccc12)C(=O)N/N=C\c1ccc(N(C)C)cc1. The molecule has 3 aromatic rings. The van der Waals surface area contributed by atoms with Gasteiger partial charge in [-0.15, -0.1) is 0 Å². The Morgan fingerprint density at radius 1 is 1.12 bits per heavy atom. The predicted molar refractivity (Wildman–Crippen MR) is 132 cm³/mol. The average molecular weight is 450 g/mol. The topological polar surface area (TPSA) is 98.8 Å². The van der Waals surface area contributed by atoms with Crippen molar-refractivity contribution in [2.24, 2.45) is 11.0 Å². The minimum Gasteiger partial charge on any atom is -0.449 e. The highest BCUT2D eigenvalue weighted by atomic mass is 16.5. The average Bonchev–Trinajstić information content (AvgIpc) is 3.20. The third kappa shape index (κ3) is 6.83. The van der Waals surface area contributed by atoms with Gasteiger partial charge in [-0.25, -0.2) is 10.2 Å². The summed E-state index contributed by atoms with van der Waals surface area (Å²) >= 11 is 0. The maximum atomic E-state index is 12.9. The molecule has 0 aliphatic rings. The van der Waals surface area contributed by atoms with E-state index in [0.717, 1.165) is 27.7 Å². The van der Waals surface area contributed by atoms with Crippen LogP contribution in [0.4, 0.5) is 10.5 Å². The van der Waals surface area contributed by atoms with Gasteiger partial charge in [0.05, 0.1) is 12.8 Å². The first kappa shape index (κ1) is 23.8. The lowest BCUT2D eigenvalue weighted by Crippen LogP contribution is -2.47. The Labute approximate surface area is 194 Å². The van der Waals surface area contributed by atoms with Crippen molar-refractivity contribution in [1.82, 2.24) is 15.7 Å². The molecule has 3 N–H and O–H groups in total. The summed E-state index contributed by atoms with van der Waals surface area (Å²) in [7, 11) is 3.94. The summed E-state index contributed by atoms with van der Waals surface area (Å²) in [5, 5.41) is 7.75. The molecular weight excluding hydrogens is 418 g/mol. The quantitative estimate of drug-likeness (QED) is 0.343. The fraction of sp³-hybridized carbons (Fsp3) is 0.320. The van der Waals surface area contributed by atoms with E-state index >= 15 is 0 Å². The number of aromatic nitrogens is 1. The van der Waals surface area contributed by atoms with Crippen molar-refractivity contribution in [1.29, 1.82) is 0 Å². The van der Waals surface area contributed by atoms with E-state index in [0.29, 0.717) is 6.42 Å². The van der Waals surface area contributed by atoms with Crippen molar-refractivity contribution in [3.8, 4) is 0 Å². The summed E-state index contributed by atoms with van der Waals surface area (Å²) in [5.41, 5.74) is 6.33. The van der Waals surface area contributed by atoms with Gasteiger partial charge in [-0.2, -0.15) is 5.10 Å². The Kier molecular flexibility index (Phi) is 8.07. The first-order valence-electron chi connectivity index (χ1n) is 10.9. The second kappa shape index (κ2) is 11.2. The Morgan fingerprint density at radius 2 is 1.85 bits per heavy atom. The molecule has 0 spiro atoms. The number of amides is 2. The number of H-pyrrole nitrogens is 1. The van der Waals surface area contributed by atoms with Gasteiger partial charge in [0.1, 0.15) is 6.04 Å². The second-order valence-electron chi connectivity index (χ2n) is 8.47. The van der Waals surface area contributed by atoms with E-state index in [1.165, 1.54) is 0 Å². The molecule has 0 unspecified atom stereocenters. The van der Waals surface area contributed by atoms with Gasteiger partial charge < -0.3 is 19.9 Å². The van der Waals surface area contributed by atoms with Gasteiger partial charge in [0.2, 0.25) is 0 Å². The molecule has 174 valence electrons. The fourth-order valence-corrected chi connectivity index (χ4v) is 3.26. The van der Waals surface area contributed by atoms with E-state index < -0.39 is 18.0 Å². The number of hydrogen-bond acceptors (Lipinski definition) is 5. The zero-order chi connectivity index (χ0) is 23.8. The van der Waals surface area contributed by atoms with Crippen LogP contribution in [0.3, 0.4) is 0 Å². The second-order valence-corrected chi connectivity index (χ2v) is 8.47. The zero-order valence-electron chi connectivity index (χ0n) is 19.5. The van der Waals surface area contributed by atoms with E-state index in [9.17, 15) is 9.59 Å². The zero-order valence-corrected chi connectivity index (χ0v) is 19.5. The third-order valence-corrected chi connectivity index (χ3v) is 5.05. The molecule has 0 aliphatic carbocycles. The normalized spacial score (nSPS) is 12.2. The molecule has 3 rings (SSSR count). The monoisotopic (exact) mass is 449 g/mol. The number of hydrazone groups is 1. The Hall–Kier alpha value is -3.81. The molecule has 0 saturated carbocycles. The summed E-state index contributed by atoms with van der Waals surface area (Å²) in [4.78, 5) is 30.4. The van der Waals surface area contributed by atoms with Crippen molar-refractivity contribution < 1.29 is 14.3 Å². The van der Waals surface area contributed by atoms with Crippen molar-refractivity contribution >= 4 is 34.8 Å². The summed E-state index contributed by atoms with van der Waals surface area (Å²) in [5.74, 6) is -0.233. The molecule has 2 amide bonds. The molecule has 0 radical (unpaired) electrons. The van der Waals surface area contributed by atoms with Crippen LogP contribution < -0.4 is 15.6 Å². The number of anilines is 1. The first-order chi connectivity index (χ1) is 15.8. The van der Waals surface area contributed by atoms with Gasteiger partial charge in [-0.3, -0.25) is 4.79 Å². The lowest BCUT2D eigenvalue weighted by molar-refractivity contribution is -0.123. The molecule has 1 atom stereocenters. The summed E-state index contributed by atoms with van der Waals surface area (Å²) in [6.07, 6.45) is 3.07. The van der Waals surface area contributed by atoms with Crippen LogP contribution in [0.15, 0.2) is 59.8 Å². The number of nitrogens with zero attached hydrogens (tertiary/aromatic N) is 2. The smallest absolute Gasteiger partial charge is 0.407 e. The minimum absolute atomic E-state index is 0.195. The minimum atomic E-state index is -0.850. The molecule has 2 aromatic carbocycles. The third-order valence-electron chi connectivity index (χ3n) is 5.05. The number of ether oxygens (including phenoxy) is 1. The molecule has 8 heteroatoms. The van der Waals surface area contributed by atoms with Crippen LogP contribution in [0.5, 0.6) is 0 Å². The van der Waals surface area contributed by atoms with E-state index in [2.05, 4.69) is 20.8 Å². The number of hydrogen-bond donors (Lipinski definition) is 3.